The molecule has 0 amide bonds. The first-order valence-electron chi connectivity index (χ1n) is 12.7. The zero-order chi connectivity index (χ0) is 19.3. The first-order chi connectivity index (χ1) is 12.7. The van der Waals surface area contributed by atoms with Gasteiger partial charge in [0.2, 0.25) is 0 Å². The molecule has 0 fully saturated rings. The van der Waals surface area contributed by atoms with Crippen LogP contribution < -0.4 is 0 Å². The van der Waals surface area contributed by atoms with Crippen LogP contribution in [0.2, 0.25) is 13.3 Å². The predicted octanol–water partition coefficient (Wildman–Crippen LogP) is 9.29. The van der Waals surface area contributed by atoms with E-state index in [0.717, 1.165) is 0 Å². The van der Waals surface area contributed by atoms with Crippen LogP contribution in [-0.4, -0.2) is 20.2 Å². The molecule has 0 bridgehead atoms. The molecule has 0 atom stereocenters. The third-order valence-corrected chi connectivity index (χ3v) is 14.7. The molecule has 0 aromatic heterocycles. The summed E-state index contributed by atoms with van der Waals surface area (Å²) in [4.78, 5) is 0. The van der Waals surface area contributed by atoms with E-state index in [1.807, 2.05) is 0 Å². The third kappa shape index (κ3) is 21.0. The average Bonchev–Trinajstić information content (AvgIpc) is 2.64. The van der Waals surface area contributed by atoms with E-state index in [1.54, 1.807) is 0 Å². The third-order valence-electron chi connectivity index (χ3n) is 5.65. The van der Waals surface area contributed by atoms with Gasteiger partial charge in [-0.1, -0.05) is 0 Å². The zero-order valence-electron chi connectivity index (χ0n) is 19.3. The summed E-state index contributed by atoms with van der Waals surface area (Å²) in [5, 5.41) is 0. The van der Waals surface area contributed by atoms with Crippen LogP contribution in [0.5, 0.6) is 0 Å². The van der Waals surface area contributed by atoms with Gasteiger partial charge in [-0.2, -0.15) is 0 Å². The first-order valence-corrected chi connectivity index (χ1v) is 18.2. The van der Waals surface area contributed by atoms with Crippen molar-refractivity contribution in [2.45, 2.75) is 150 Å². The molecule has 0 aliphatic carbocycles. The first kappa shape index (κ1) is 23.8. The van der Waals surface area contributed by atoms with E-state index in [2.05, 4.69) is 20.8 Å². The molecule has 0 aliphatic heterocycles. The van der Waals surface area contributed by atoms with Gasteiger partial charge < -0.3 is 0 Å². The molecular formula is C24H52Sn. The minimum atomic E-state index is -2.52. The van der Waals surface area contributed by atoms with E-state index in [4.69, 9.17) is 0 Å². The van der Waals surface area contributed by atoms with Crippen molar-refractivity contribution in [3.63, 3.8) is 0 Å². The number of rotatable bonds is 21. The van der Waals surface area contributed by atoms with Gasteiger partial charge in [-0.15, -0.1) is 0 Å². The van der Waals surface area contributed by atoms with Gasteiger partial charge in [-0.3, -0.25) is 0 Å². The van der Waals surface area contributed by atoms with Crippen molar-refractivity contribution in [1.82, 2.24) is 0 Å². The molecule has 0 aliphatic rings. The maximum absolute atomic E-state index is 9.28. The van der Waals surface area contributed by atoms with E-state index in [9.17, 15) is 0.598 Å². The number of hydrogen-bond acceptors (Lipinski definition) is 0. The fourth-order valence-corrected chi connectivity index (χ4v) is 12.4. The second-order valence-corrected chi connectivity index (χ2v) is 16.9. The number of unbranched alkanes of at least 4 members (excludes halogenated alkanes) is 15. The van der Waals surface area contributed by atoms with Gasteiger partial charge >= 0.3 is 170 Å². The summed E-state index contributed by atoms with van der Waals surface area (Å²) in [6, 6.07) is 0. The molecule has 0 aromatic carbocycles. The summed E-state index contributed by atoms with van der Waals surface area (Å²) in [5.74, 6) is 0. The Hall–Kier alpha value is 0.799. The van der Waals surface area contributed by atoms with Gasteiger partial charge in [0, 0.05) is 0 Å². The zero-order valence-corrected chi connectivity index (χ0v) is 21.2. The molecule has 0 spiro atoms. The summed E-state index contributed by atoms with van der Waals surface area (Å²) >= 11 is -2.52. The van der Waals surface area contributed by atoms with Crippen LogP contribution in [0, 0.1) is 0 Å². The van der Waals surface area contributed by atoms with Crippen LogP contribution >= 0.6 is 0 Å². The molecule has 0 aromatic rings. The normalized spacial score (nSPS) is 12.5. The van der Waals surface area contributed by atoms with E-state index < -0.39 is 19.6 Å². The van der Waals surface area contributed by atoms with Crippen molar-refractivity contribution in [2.24, 2.45) is 0 Å². The topological polar surface area (TPSA) is 0 Å². The maximum atomic E-state index is 9.28. The van der Waals surface area contributed by atoms with Crippen LogP contribution in [0.15, 0.2) is 0 Å². The Labute approximate surface area is 169 Å². The van der Waals surface area contributed by atoms with Crippen LogP contribution in [0.25, 0.3) is 0 Å². The van der Waals surface area contributed by atoms with Crippen molar-refractivity contribution in [1.29, 1.82) is 0.598 Å². The molecule has 1 heteroatoms. The Balaban J connectivity index is 4.02. The van der Waals surface area contributed by atoms with Crippen LogP contribution in [-0.2, 0) is 0 Å². The molecule has 0 rings (SSSR count). The summed E-state index contributed by atoms with van der Waals surface area (Å²) in [6.45, 7) is 6.89. The Morgan fingerprint density at radius 3 is 0.920 bits per heavy atom. The molecule has 0 radical (unpaired) electrons. The van der Waals surface area contributed by atoms with Gasteiger partial charge in [0.05, 0.1) is 0 Å². The SMILES string of the molecule is [2H][Sn]([CH2]CCCCCCC)([CH2]CCCCCCC)[CH2]CCCCCCC. The van der Waals surface area contributed by atoms with E-state index in [0.29, 0.717) is 0 Å². The van der Waals surface area contributed by atoms with Gasteiger partial charge in [0.15, 0.2) is 0 Å². The molecule has 0 heterocycles. The van der Waals surface area contributed by atoms with Crippen molar-refractivity contribution >= 4 is 19.6 Å². The van der Waals surface area contributed by atoms with E-state index in [-0.39, 0.29) is 0 Å². The Bertz CT molecular complexity index is 226. The molecule has 0 N–H and O–H groups in total. The van der Waals surface area contributed by atoms with Crippen molar-refractivity contribution < 1.29 is 0 Å². The monoisotopic (exact) mass is 461 g/mol. The van der Waals surface area contributed by atoms with Gasteiger partial charge in [0.1, 0.15) is 0 Å². The standard InChI is InChI=1S/3C8H17.Sn.H/c3*1-3-5-7-8-6-4-2;;/h3*1,3-8H2,2H3;;/i;;;;1+1. The molecule has 0 unspecified atom stereocenters. The molecular weight excluding hydrogens is 407 g/mol. The van der Waals surface area contributed by atoms with Crippen LogP contribution in [0.4, 0.5) is 0 Å². The Kier molecular flexibility index (Phi) is 21.8. The average molecular weight is 460 g/mol. The van der Waals surface area contributed by atoms with Gasteiger partial charge in [0.25, 0.3) is 0 Å². The summed E-state index contributed by atoms with van der Waals surface area (Å²) < 4.78 is 13.4. The molecule has 25 heavy (non-hydrogen) atoms. The summed E-state index contributed by atoms with van der Waals surface area (Å²) in [5.41, 5.74) is 0. The Morgan fingerprint density at radius 2 is 0.640 bits per heavy atom. The molecule has 0 nitrogen and oxygen atoms in total. The summed E-state index contributed by atoms with van der Waals surface area (Å²) in [6.07, 6.45) is 25.2. The van der Waals surface area contributed by atoms with Gasteiger partial charge in [-0.25, -0.2) is 0 Å². The minimum absolute atomic E-state index is 1.34. The molecule has 0 saturated carbocycles. The van der Waals surface area contributed by atoms with Crippen molar-refractivity contribution in [3.05, 3.63) is 0 Å². The molecule has 0 saturated heterocycles. The quantitative estimate of drug-likeness (QED) is 0.118. The van der Waals surface area contributed by atoms with Crippen LogP contribution in [0.1, 0.15) is 136 Å². The Morgan fingerprint density at radius 1 is 0.400 bits per heavy atom. The fraction of sp³-hybridized carbons (Fsp3) is 1.00. The number of hydrogen-bond donors (Lipinski definition) is 0. The second-order valence-electron chi connectivity index (χ2n) is 8.30. The van der Waals surface area contributed by atoms with E-state index in [1.165, 1.54) is 129 Å². The van der Waals surface area contributed by atoms with Gasteiger partial charge in [-0.05, 0) is 0 Å². The van der Waals surface area contributed by atoms with Crippen molar-refractivity contribution in [2.75, 3.05) is 0 Å². The van der Waals surface area contributed by atoms with Crippen molar-refractivity contribution in [3.8, 4) is 0 Å². The summed E-state index contributed by atoms with van der Waals surface area (Å²) in [7, 11) is 0. The molecule has 152 valence electrons. The second kappa shape index (κ2) is 22.8. The fourth-order valence-electron chi connectivity index (χ4n) is 3.84. The van der Waals surface area contributed by atoms with Crippen LogP contribution in [0.3, 0.4) is 0 Å². The van der Waals surface area contributed by atoms with E-state index >= 15 is 0 Å². The predicted molar refractivity (Wildman–Crippen MR) is 122 cm³/mol.